The van der Waals surface area contributed by atoms with E-state index in [9.17, 15) is 19.5 Å². The number of methoxy groups -OCH3 is 1. The summed E-state index contributed by atoms with van der Waals surface area (Å²) in [7, 11) is 3.52. The number of carboxylic acid groups (broad SMARTS) is 1. The molecule has 5 heterocycles. The Labute approximate surface area is 329 Å². The molecule has 2 aliphatic heterocycles. The lowest BCUT2D eigenvalue weighted by Gasteiger charge is -2.29. The summed E-state index contributed by atoms with van der Waals surface area (Å²) in [4.78, 5) is 49.4. The number of ether oxygens (including phenoxy) is 2. The standard InChI is InChI=1S/C41H42Cl2N6O6/c1-41(2,3)55-40(53)49(21-25-11-14-34(50)45-25)20-24-10-13-31(46-38(24)54-5)29-8-6-7-27(35(29)42)28-15-17-44-37(36(28)43)23-9-12-26-30-22-48(39(51)52)18-16-32(30)47(4)33(26)19-23/h6-10,12-13,15,17,19,25H,11,14,16,18,20-22H2,1-5H3,(H,45,50)(H,51,52)/t25-/m0/s1. The van der Waals surface area contributed by atoms with Gasteiger partial charge in [0.1, 0.15) is 5.60 Å². The molecule has 286 valence electrons. The van der Waals surface area contributed by atoms with Crippen molar-refractivity contribution in [2.24, 2.45) is 7.05 Å². The van der Waals surface area contributed by atoms with Crippen LogP contribution >= 0.6 is 23.2 Å². The zero-order chi connectivity index (χ0) is 39.2. The highest BCUT2D eigenvalue weighted by Crippen LogP contribution is 2.42. The number of nitrogens with zero attached hydrogens (tertiary/aromatic N) is 5. The largest absolute Gasteiger partial charge is 0.481 e. The molecule has 12 nitrogen and oxygen atoms in total. The van der Waals surface area contributed by atoms with E-state index in [1.807, 2.05) is 82.4 Å². The fraction of sp³-hybridized carbons (Fsp3) is 0.341. The summed E-state index contributed by atoms with van der Waals surface area (Å²) in [6.45, 7) is 6.66. The first-order chi connectivity index (χ1) is 26.2. The van der Waals surface area contributed by atoms with E-state index in [-0.39, 0.29) is 25.0 Å². The van der Waals surface area contributed by atoms with E-state index in [4.69, 9.17) is 37.7 Å². The Morgan fingerprint density at radius 1 is 1.04 bits per heavy atom. The Hall–Kier alpha value is -5.33. The number of benzene rings is 2. The number of pyridine rings is 2. The summed E-state index contributed by atoms with van der Waals surface area (Å²) in [6.07, 6.45) is 1.97. The number of hydrogen-bond donors (Lipinski definition) is 2. The minimum absolute atomic E-state index is 0.0370. The third-order valence-corrected chi connectivity index (χ3v) is 10.9. The molecule has 3 aromatic heterocycles. The number of fused-ring (bicyclic) bond motifs is 3. The van der Waals surface area contributed by atoms with Gasteiger partial charge in [0.25, 0.3) is 0 Å². The molecule has 2 aromatic carbocycles. The summed E-state index contributed by atoms with van der Waals surface area (Å²) in [5.74, 6) is 0.283. The molecular formula is C41H42Cl2N6O6. The minimum Gasteiger partial charge on any atom is -0.481 e. The molecule has 0 aliphatic carbocycles. The van der Waals surface area contributed by atoms with Crippen LogP contribution in [0.4, 0.5) is 9.59 Å². The van der Waals surface area contributed by atoms with Crippen molar-refractivity contribution >= 4 is 52.2 Å². The second-order valence-electron chi connectivity index (χ2n) is 14.9. The SMILES string of the molecule is COc1nc(-c2cccc(-c3ccnc(-c4ccc5c6c(n(C)c5c4)CCN(C(=O)O)C6)c3Cl)c2Cl)ccc1CN(C[C@@H]1CCC(=O)N1)C(=O)OC(C)(C)C. The lowest BCUT2D eigenvalue weighted by atomic mass is 9.99. The molecule has 0 saturated carbocycles. The van der Waals surface area contributed by atoms with Crippen molar-refractivity contribution < 1.29 is 29.0 Å². The fourth-order valence-corrected chi connectivity index (χ4v) is 8.05. The number of carbonyl (C=O) groups is 3. The number of halogens is 2. The number of carbonyl (C=O) groups excluding carboxylic acids is 2. The molecule has 0 radical (unpaired) electrons. The number of aromatic nitrogens is 3. The normalized spacial score (nSPS) is 15.5. The first-order valence-corrected chi connectivity index (χ1v) is 18.8. The van der Waals surface area contributed by atoms with Crippen molar-refractivity contribution in [1.82, 2.24) is 29.7 Å². The number of nitrogens with one attached hydrogen (secondary N) is 1. The maximum atomic E-state index is 13.3. The van der Waals surface area contributed by atoms with Gasteiger partial charge in [0, 0.05) is 95.2 Å². The lowest BCUT2D eigenvalue weighted by Crippen LogP contribution is -2.43. The smallest absolute Gasteiger partial charge is 0.410 e. The van der Waals surface area contributed by atoms with Crippen molar-refractivity contribution in [1.29, 1.82) is 0 Å². The van der Waals surface area contributed by atoms with Gasteiger partial charge in [-0.3, -0.25) is 9.78 Å². The van der Waals surface area contributed by atoms with Crippen LogP contribution in [0, 0.1) is 0 Å². The van der Waals surface area contributed by atoms with Gasteiger partial charge in [-0.25, -0.2) is 14.6 Å². The van der Waals surface area contributed by atoms with Crippen LogP contribution in [0.2, 0.25) is 10.0 Å². The van der Waals surface area contributed by atoms with Gasteiger partial charge >= 0.3 is 12.2 Å². The molecule has 5 aromatic rings. The quantitative estimate of drug-likeness (QED) is 0.160. The Kier molecular flexibility index (Phi) is 10.4. The van der Waals surface area contributed by atoms with Crippen LogP contribution in [0.1, 0.15) is 50.4 Å². The second-order valence-corrected chi connectivity index (χ2v) is 15.6. The highest BCUT2D eigenvalue weighted by Gasteiger charge is 2.30. The predicted molar refractivity (Wildman–Crippen MR) is 211 cm³/mol. The molecule has 0 spiro atoms. The highest BCUT2D eigenvalue weighted by atomic mass is 35.5. The van der Waals surface area contributed by atoms with Crippen LogP contribution < -0.4 is 10.1 Å². The summed E-state index contributed by atoms with van der Waals surface area (Å²) in [5.41, 5.74) is 7.07. The molecule has 3 amide bonds. The molecule has 1 saturated heterocycles. The van der Waals surface area contributed by atoms with Crippen molar-refractivity contribution in [3.05, 3.63) is 87.7 Å². The van der Waals surface area contributed by atoms with Gasteiger partial charge in [0.05, 0.1) is 41.6 Å². The van der Waals surface area contributed by atoms with E-state index >= 15 is 0 Å². The Balaban J connectivity index is 1.19. The molecule has 7 rings (SSSR count). The number of rotatable bonds is 8. The van der Waals surface area contributed by atoms with Gasteiger partial charge in [-0.05, 0) is 51.5 Å². The van der Waals surface area contributed by atoms with E-state index < -0.39 is 17.8 Å². The van der Waals surface area contributed by atoms with Crippen LogP contribution in [0.25, 0.3) is 44.5 Å². The van der Waals surface area contributed by atoms with Gasteiger partial charge in [-0.15, -0.1) is 0 Å². The van der Waals surface area contributed by atoms with Crippen LogP contribution in [-0.2, 0) is 36.1 Å². The maximum Gasteiger partial charge on any atom is 0.410 e. The summed E-state index contributed by atoms with van der Waals surface area (Å²) >= 11 is 14.3. The first kappa shape index (κ1) is 38.0. The van der Waals surface area contributed by atoms with Gasteiger partial charge in [0.2, 0.25) is 11.8 Å². The Morgan fingerprint density at radius 3 is 2.51 bits per heavy atom. The topological polar surface area (TPSA) is 139 Å². The molecule has 55 heavy (non-hydrogen) atoms. The van der Waals surface area contributed by atoms with Crippen LogP contribution in [0.5, 0.6) is 5.88 Å². The Morgan fingerprint density at radius 2 is 1.80 bits per heavy atom. The lowest BCUT2D eigenvalue weighted by molar-refractivity contribution is -0.119. The van der Waals surface area contributed by atoms with Gasteiger partial charge in [0.15, 0.2) is 0 Å². The third kappa shape index (κ3) is 7.66. The Bertz CT molecular complexity index is 2340. The average Bonchev–Trinajstić information content (AvgIpc) is 3.69. The van der Waals surface area contributed by atoms with Crippen molar-refractivity contribution in [3.8, 4) is 39.5 Å². The van der Waals surface area contributed by atoms with E-state index in [2.05, 4.69) is 14.9 Å². The second kappa shape index (κ2) is 15.1. The highest BCUT2D eigenvalue weighted by molar-refractivity contribution is 6.39. The molecule has 1 fully saturated rings. The molecule has 0 bridgehead atoms. The van der Waals surface area contributed by atoms with Crippen LogP contribution in [0.15, 0.2) is 60.8 Å². The minimum atomic E-state index is -0.920. The molecule has 2 aliphatic rings. The van der Waals surface area contributed by atoms with E-state index in [0.29, 0.717) is 81.9 Å². The maximum absolute atomic E-state index is 13.3. The van der Waals surface area contributed by atoms with Crippen molar-refractivity contribution in [2.75, 3.05) is 20.2 Å². The molecule has 2 N–H and O–H groups in total. The number of amides is 3. The summed E-state index contributed by atoms with van der Waals surface area (Å²) in [6, 6.07) is 17.0. The molecular weight excluding hydrogens is 743 g/mol. The van der Waals surface area contributed by atoms with E-state index in [1.54, 1.807) is 11.1 Å². The van der Waals surface area contributed by atoms with Gasteiger partial charge in [-0.1, -0.05) is 53.5 Å². The predicted octanol–water partition coefficient (Wildman–Crippen LogP) is 8.34. The monoisotopic (exact) mass is 784 g/mol. The van der Waals surface area contributed by atoms with E-state index in [0.717, 1.165) is 27.7 Å². The third-order valence-electron chi connectivity index (χ3n) is 10.1. The molecule has 1 atom stereocenters. The van der Waals surface area contributed by atoms with Crippen LogP contribution in [0.3, 0.4) is 0 Å². The number of hydrogen-bond acceptors (Lipinski definition) is 7. The van der Waals surface area contributed by atoms with Gasteiger partial charge in [-0.2, -0.15) is 0 Å². The van der Waals surface area contributed by atoms with E-state index in [1.165, 1.54) is 12.0 Å². The van der Waals surface area contributed by atoms with Crippen molar-refractivity contribution in [3.63, 3.8) is 0 Å². The van der Waals surface area contributed by atoms with Gasteiger partial charge < -0.3 is 34.3 Å². The summed E-state index contributed by atoms with van der Waals surface area (Å²) in [5, 5.41) is 14.4. The molecule has 14 heteroatoms. The van der Waals surface area contributed by atoms with Crippen molar-refractivity contribution in [2.45, 2.75) is 64.8 Å². The zero-order valence-corrected chi connectivity index (χ0v) is 32.8. The number of aryl methyl sites for hydroxylation is 1. The summed E-state index contributed by atoms with van der Waals surface area (Å²) < 4.78 is 13.6. The fourth-order valence-electron chi connectivity index (χ4n) is 7.41. The zero-order valence-electron chi connectivity index (χ0n) is 31.3. The first-order valence-electron chi connectivity index (χ1n) is 18.1. The van der Waals surface area contributed by atoms with Crippen LogP contribution in [-0.4, -0.2) is 79.4 Å². The molecule has 0 unspecified atom stereocenters. The average molecular weight is 786 g/mol.